The van der Waals surface area contributed by atoms with Crippen molar-refractivity contribution in [3.05, 3.63) is 65.4 Å². The molecular weight excluding hydrogens is 250 g/mol. The van der Waals surface area contributed by atoms with Gasteiger partial charge in [0.1, 0.15) is 6.29 Å². The summed E-state index contributed by atoms with van der Waals surface area (Å²) in [6.45, 7) is 0.537. The van der Waals surface area contributed by atoms with Crippen LogP contribution < -0.4 is 0 Å². The maximum absolute atomic E-state index is 10.8. The third kappa shape index (κ3) is 2.17. The normalized spacial score (nSPS) is 10.3. The number of fused-ring (bicyclic) bond motifs is 1. The predicted molar refractivity (Wildman–Crippen MR) is 75.4 cm³/mol. The smallest absolute Gasteiger partial charge is 0.150 e. The summed E-state index contributed by atoms with van der Waals surface area (Å²) >= 11 is 0. The molecule has 96 valence electrons. The number of hydrogen-bond acceptors (Lipinski definition) is 3. The Balaban J connectivity index is 1.99. The number of aldehydes is 1. The van der Waals surface area contributed by atoms with Crippen LogP contribution in [0.3, 0.4) is 0 Å². The van der Waals surface area contributed by atoms with Gasteiger partial charge in [-0.2, -0.15) is 10.4 Å². The first kappa shape index (κ1) is 12.1. The van der Waals surface area contributed by atoms with E-state index < -0.39 is 0 Å². The average Bonchev–Trinajstić information content (AvgIpc) is 2.89. The van der Waals surface area contributed by atoms with Crippen molar-refractivity contribution in [3.8, 4) is 6.07 Å². The number of benzene rings is 2. The largest absolute Gasteiger partial charge is 0.298 e. The molecule has 0 fully saturated rings. The summed E-state index contributed by atoms with van der Waals surface area (Å²) in [6, 6.07) is 15.0. The van der Waals surface area contributed by atoms with Crippen LogP contribution in [0.2, 0.25) is 0 Å². The summed E-state index contributed by atoms with van der Waals surface area (Å²) in [7, 11) is 0. The van der Waals surface area contributed by atoms with Crippen molar-refractivity contribution in [2.24, 2.45) is 0 Å². The molecule has 0 N–H and O–H groups in total. The van der Waals surface area contributed by atoms with Gasteiger partial charge in [-0.3, -0.25) is 9.48 Å². The van der Waals surface area contributed by atoms with Gasteiger partial charge in [-0.05, 0) is 29.8 Å². The number of carbonyl (C=O) groups is 1. The lowest BCUT2D eigenvalue weighted by Gasteiger charge is -2.03. The molecule has 3 rings (SSSR count). The second-order valence-electron chi connectivity index (χ2n) is 4.53. The molecule has 0 aliphatic carbocycles. The van der Waals surface area contributed by atoms with Crippen molar-refractivity contribution >= 4 is 17.2 Å². The van der Waals surface area contributed by atoms with Crippen LogP contribution in [0.25, 0.3) is 10.9 Å². The molecular formula is C16H11N3O. The van der Waals surface area contributed by atoms with E-state index in [1.54, 1.807) is 16.8 Å². The number of hydrogen-bond donors (Lipinski definition) is 0. The average molecular weight is 261 g/mol. The van der Waals surface area contributed by atoms with Gasteiger partial charge in [-0.1, -0.05) is 18.2 Å². The fraction of sp³-hybridized carbons (Fsp3) is 0.0625. The Hall–Kier alpha value is -2.93. The minimum Gasteiger partial charge on any atom is -0.298 e. The second-order valence-corrected chi connectivity index (χ2v) is 4.53. The predicted octanol–water partition coefficient (Wildman–Crippen LogP) is 2.77. The number of carbonyl (C=O) groups excluding carboxylic acids is 1. The highest BCUT2D eigenvalue weighted by Gasteiger charge is 2.05. The van der Waals surface area contributed by atoms with Gasteiger partial charge >= 0.3 is 0 Å². The molecule has 20 heavy (non-hydrogen) atoms. The lowest BCUT2D eigenvalue weighted by atomic mass is 10.1. The van der Waals surface area contributed by atoms with Crippen LogP contribution in [-0.4, -0.2) is 16.1 Å². The zero-order chi connectivity index (χ0) is 13.9. The number of nitrogens with zero attached hydrogens (tertiary/aromatic N) is 3. The van der Waals surface area contributed by atoms with Crippen LogP contribution in [0.15, 0.2) is 48.7 Å². The number of rotatable bonds is 3. The first-order valence-electron chi connectivity index (χ1n) is 6.20. The highest BCUT2D eigenvalue weighted by atomic mass is 16.1. The van der Waals surface area contributed by atoms with E-state index >= 15 is 0 Å². The van der Waals surface area contributed by atoms with E-state index in [0.29, 0.717) is 17.7 Å². The molecule has 0 aliphatic rings. The van der Waals surface area contributed by atoms with E-state index in [1.807, 2.05) is 36.5 Å². The van der Waals surface area contributed by atoms with Gasteiger partial charge in [0, 0.05) is 17.1 Å². The second kappa shape index (κ2) is 4.98. The molecule has 0 radical (unpaired) electrons. The van der Waals surface area contributed by atoms with Crippen LogP contribution in [0.4, 0.5) is 0 Å². The standard InChI is InChI=1S/C16H11N3O/c17-8-13-3-1-2-4-14(13)9-19-10-15-7-12(11-20)5-6-16(15)18-19/h1-7,10-11H,9H2. The first-order valence-corrected chi connectivity index (χ1v) is 6.20. The third-order valence-electron chi connectivity index (χ3n) is 3.18. The van der Waals surface area contributed by atoms with E-state index in [1.165, 1.54) is 0 Å². The molecule has 0 saturated heterocycles. The highest BCUT2D eigenvalue weighted by Crippen LogP contribution is 2.16. The van der Waals surface area contributed by atoms with Gasteiger partial charge in [0.25, 0.3) is 0 Å². The molecule has 0 bridgehead atoms. The fourth-order valence-electron chi connectivity index (χ4n) is 2.19. The Bertz CT molecular complexity index is 827. The first-order chi connectivity index (χ1) is 9.80. The van der Waals surface area contributed by atoms with Gasteiger partial charge in [-0.15, -0.1) is 0 Å². The monoisotopic (exact) mass is 261 g/mol. The van der Waals surface area contributed by atoms with E-state index in [9.17, 15) is 4.79 Å². The van der Waals surface area contributed by atoms with Gasteiger partial charge in [0.05, 0.1) is 23.7 Å². The third-order valence-corrected chi connectivity index (χ3v) is 3.18. The Kier molecular flexibility index (Phi) is 3.02. The Morgan fingerprint density at radius 1 is 1.25 bits per heavy atom. The highest BCUT2D eigenvalue weighted by molar-refractivity contribution is 5.86. The molecule has 4 heteroatoms. The molecule has 4 nitrogen and oxygen atoms in total. The molecule has 3 aromatic rings. The van der Waals surface area contributed by atoms with E-state index in [-0.39, 0.29) is 0 Å². The molecule has 0 aliphatic heterocycles. The van der Waals surface area contributed by atoms with Gasteiger partial charge in [0.2, 0.25) is 0 Å². The summed E-state index contributed by atoms with van der Waals surface area (Å²) < 4.78 is 1.79. The van der Waals surface area contributed by atoms with Crippen molar-refractivity contribution in [1.29, 1.82) is 5.26 Å². The summed E-state index contributed by atoms with van der Waals surface area (Å²) in [5, 5.41) is 14.5. The van der Waals surface area contributed by atoms with E-state index in [2.05, 4.69) is 11.2 Å². The summed E-state index contributed by atoms with van der Waals surface area (Å²) in [4.78, 5) is 10.8. The molecule has 0 unspecified atom stereocenters. The minimum absolute atomic E-state index is 0.537. The molecule has 0 amide bonds. The number of nitriles is 1. The van der Waals surface area contributed by atoms with E-state index in [4.69, 9.17) is 5.26 Å². The Morgan fingerprint density at radius 3 is 2.90 bits per heavy atom. The molecule has 1 heterocycles. The zero-order valence-corrected chi connectivity index (χ0v) is 10.7. The molecule has 0 spiro atoms. The van der Waals surface area contributed by atoms with Gasteiger partial charge < -0.3 is 0 Å². The fourth-order valence-corrected chi connectivity index (χ4v) is 2.19. The van der Waals surface area contributed by atoms with Crippen LogP contribution in [0.5, 0.6) is 0 Å². The topological polar surface area (TPSA) is 58.7 Å². The molecule has 0 saturated carbocycles. The van der Waals surface area contributed by atoms with Crippen molar-refractivity contribution in [2.75, 3.05) is 0 Å². The van der Waals surface area contributed by atoms with E-state index in [0.717, 1.165) is 22.8 Å². The lowest BCUT2D eigenvalue weighted by Crippen LogP contribution is -2.01. The Labute approximate surface area is 115 Å². The maximum atomic E-state index is 10.8. The number of aromatic nitrogens is 2. The molecule has 1 aromatic heterocycles. The lowest BCUT2D eigenvalue weighted by molar-refractivity contribution is 0.112. The molecule has 2 aromatic carbocycles. The van der Waals surface area contributed by atoms with Crippen LogP contribution in [0.1, 0.15) is 21.5 Å². The maximum Gasteiger partial charge on any atom is 0.150 e. The van der Waals surface area contributed by atoms with Crippen LogP contribution in [0, 0.1) is 11.3 Å². The summed E-state index contributed by atoms with van der Waals surface area (Å²) in [6.07, 6.45) is 2.71. The van der Waals surface area contributed by atoms with Gasteiger partial charge in [0.15, 0.2) is 0 Å². The van der Waals surface area contributed by atoms with Gasteiger partial charge in [-0.25, -0.2) is 0 Å². The SMILES string of the molecule is N#Cc1ccccc1Cn1cc2cc(C=O)ccc2n1. The summed E-state index contributed by atoms with van der Waals surface area (Å²) in [5.74, 6) is 0. The Morgan fingerprint density at radius 2 is 2.10 bits per heavy atom. The van der Waals surface area contributed by atoms with Crippen molar-refractivity contribution in [2.45, 2.75) is 6.54 Å². The summed E-state index contributed by atoms with van der Waals surface area (Å²) in [5.41, 5.74) is 3.05. The quantitative estimate of drug-likeness (QED) is 0.681. The van der Waals surface area contributed by atoms with Crippen molar-refractivity contribution in [1.82, 2.24) is 9.78 Å². The van der Waals surface area contributed by atoms with Crippen LogP contribution >= 0.6 is 0 Å². The van der Waals surface area contributed by atoms with Crippen molar-refractivity contribution < 1.29 is 4.79 Å². The minimum atomic E-state index is 0.537. The van der Waals surface area contributed by atoms with Crippen LogP contribution in [-0.2, 0) is 6.54 Å². The van der Waals surface area contributed by atoms with Crippen molar-refractivity contribution in [3.63, 3.8) is 0 Å². The molecule has 0 atom stereocenters. The zero-order valence-electron chi connectivity index (χ0n) is 10.7.